The normalized spacial score (nSPS) is 11.6. The minimum atomic E-state index is -0.952. The quantitative estimate of drug-likeness (QED) is 0.0443. The summed E-state index contributed by atoms with van der Waals surface area (Å²) in [5.41, 5.74) is -0.447. The molecule has 0 aliphatic rings. The fraction of sp³-hybridized carbons (Fsp3) is 0.444. The molecule has 0 bridgehead atoms. The molecular weight excluding hydrogens is 728 g/mol. The molecule has 0 spiro atoms. The third-order valence-corrected chi connectivity index (χ3v) is 7.56. The number of hydrogen-bond acceptors (Lipinski definition) is 15. The lowest BCUT2D eigenvalue weighted by Crippen LogP contribution is -2.30. The molecular formula is C36H46N4O15. The highest BCUT2D eigenvalue weighted by Crippen LogP contribution is 2.40. The van der Waals surface area contributed by atoms with E-state index in [1.165, 1.54) is 52.3 Å². The van der Waals surface area contributed by atoms with Crippen LogP contribution in [0, 0.1) is 20.2 Å². The van der Waals surface area contributed by atoms with Crippen molar-refractivity contribution in [3.05, 3.63) is 80.9 Å². The standard InChI is InChI=1S/C36H46N4O15/c1-7-35(43)54-23(3)25-19-29(49-5)31(21-27(25)39(45)46)52-15-9-11-33(41)37-13-17-51-18-14-38-34(42)12-10-16-53-32-22-28(40(47)48)26(20-30(32)50-6)24(4)55-36(44)8-2/h7-8,19-24H,1-2,9-18H2,3-6H3,(H,37,41)(H,38,42). The minimum Gasteiger partial charge on any atom is -0.493 e. The number of rotatable bonds is 26. The van der Waals surface area contributed by atoms with Crippen LogP contribution in [0.25, 0.3) is 0 Å². The van der Waals surface area contributed by atoms with E-state index in [1.54, 1.807) is 0 Å². The molecule has 55 heavy (non-hydrogen) atoms. The smallest absolute Gasteiger partial charge is 0.330 e. The molecule has 0 heterocycles. The van der Waals surface area contributed by atoms with E-state index in [9.17, 15) is 39.4 Å². The Kier molecular flexibility index (Phi) is 19.1. The Morgan fingerprint density at radius 1 is 0.673 bits per heavy atom. The van der Waals surface area contributed by atoms with E-state index in [4.69, 9.17) is 33.2 Å². The summed E-state index contributed by atoms with van der Waals surface area (Å²) in [4.78, 5) is 69.6. The lowest BCUT2D eigenvalue weighted by molar-refractivity contribution is -0.386. The van der Waals surface area contributed by atoms with Gasteiger partial charge in [0.25, 0.3) is 11.4 Å². The monoisotopic (exact) mass is 774 g/mol. The Morgan fingerprint density at radius 2 is 1.05 bits per heavy atom. The van der Waals surface area contributed by atoms with Crippen molar-refractivity contribution in [1.82, 2.24) is 10.6 Å². The van der Waals surface area contributed by atoms with E-state index in [2.05, 4.69) is 23.8 Å². The van der Waals surface area contributed by atoms with Crippen LogP contribution >= 0.6 is 0 Å². The number of nitrogens with one attached hydrogen (secondary N) is 2. The van der Waals surface area contributed by atoms with Crippen LogP contribution in [0.2, 0.25) is 0 Å². The highest BCUT2D eigenvalue weighted by atomic mass is 16.6. The first-order chi connectivity index (χ1) is 26.3. The van der Waals surface area contributed by atoms with Gasteiger partial charge < -0.3 is 43.8 Å². The van der Waals surface area contributed by atoms with Crippen molar-refractivity contribution in [2.45, 2.75) is 51.7 Å². The van der Waals surface area contributed by atoms with Crippen LogP contribution in [0.3, 0.4) is 0 Å². The van der Waals surface area contributed by atoms with Gasteiger partial charge in [0.05, 0.1) is 73.8 Å². The summed E-state index contributed by atoms with van der Waals surface area (Å²) >= 11 is 0. The maximum Gasteiger partial charge on any atom is 0.330 e. The predicted molar refractivity (Wildman–Crippen MR) is 195 cm³/mol. The van der Waals surface area contributed by atoms with Gasteiger partial charge in [0.2, 0.25) is 11.8 Å². The second kappa shape index (κ2) is 23.4. The zero-order valence-corrected chi connectivity index (χ0v) is 31.1. The average molecular weight is 775 g/mol. The number of amides is 2. The van der Waals surface area contributed by atoms with E-state index in [0.29, 0.717) is 12.8 Å². The van der Waals surface area contributed by atoms with E-state index in [-0.39, 0.29) is 110 Å². The molecule has 0 aliphatic heterocycles. The van der Waals surface area contributed by atoms with Gasteiger partial charge in [-0.05, 0) is 38.8 Å². The van der Waals surface area contributed by atoms with Gasteiger partial charge in [-0.25, -0.2) is 9.59 Å². The van der Waals surface area contributed by atoms with Gasteiger partial charge in [-0.15, -0.1) is 0 Å². The summed E-state index contributed by atoms with van der Waals surface area (Å²) in [5, 5.41) is 28.7. The summed E-state index contributed by atoms with van der Waals surface area (Å²) in [6.45, 7) is 10.5. The fourth-order valence-corrected chi connectivity index (χ4v) is 4.85. The van der Waals surface area contributed by atoms with Crippen molar-refractivity contribution < 1.29 is 62.2 Å². The van der Waals surface area contributed by atoms with Gasteiger partial charge in [0, 0.05) is 38.1 Å². The molecule has 0 radical (unpaired) electrons. The Morgan fingerprint density at radius 3 is 1.38 bits per heavy atom. The SMILES string of the molecule is C=CC(=O)OC(C)c1cc(OC)c(OCCCC(=O)NCCOCCNC(=O)CCCOc2cc([N+](=O)[O-])c(C(C)OC(=O)C=C)cc2OC)cc1[N+](=O)[O-]. The van der Waals surface area contributed by atoms with E-state index >= 15 is 0 Å². The maximum absolute atomic E-state index is 12.2. The molecule has 0 aliphatic carbocycles. The predicted octanol–water partition coefficient (Wildman–Crippen LogP) is 4.37. The van der Waals surface area contributed by atoms with E-state index in [0.717, 1.165) is 12.2 Å². The Bertz CT molecular complexity index is 1580. The summed E-state index contributed by atoms with van der Waals surface area (Å²) in [5.74, 6) is -1.45. The number of methoxy groups -OCH3 is 2. The number of nitrogens with zero attached hydrogens (tertiary/aromatic N) is 2. The molecule has 0 fully saturated rings. The third-order valence-electron chi connectivity index (χ3n) is 7.56. The van der Waals surface area contributed by atoms with Gasteiger partial charge in [0.1, 0.15) is 12.2 Å². The van der Waals surface area contributed by atoms with Crippen LogP contribution < -0.4 is 29.6 Å². The maximum atomic E-state index is 12.2. The van der Waals surface area contributed by atoms with Crippen molar-refractivity contribution in [1.29, 1.82) is 0 Å². The van der Waals surface area contributed by atoms with Crippen LogP contribution in [-0.4, -0.2) is 87.3 Å². The lowest BCUT2D eigenvalue weighted by atomic mass is 10.1. The molecule has 0 saturated heterocycles. The highest BCUT2D eigenvalue weighted by molar-refractivity contribution is 5.82. The second-order valence-corrected chi connectivity index (χ2v) is 11.4. The topological polar surface area (TPSA) is 243 Å². The summed E-state index contributed by atoms with van der Waals surface area (Å²) in [7, 11) is 2.71. The molecule has 0 saturated carbocycles. The number of benzene rings is 2. The van der Waals surface area contributed by atoms with Crippen molar-refractivity contribution >= 4 is 35.1 Å². The van der Waals surface area contributed by atoms with Gasteiger partial charge in [-0.2, -0.15) is 0 Å². The highest BCUT2D eigenvalue weighted by Gasteiger charge is 2.27. The summed E-state index contributed by atoms with van der Waals surface area (Å²) < 4.78 is 37.5. The first-order valence-electron chi connectivity index (χ1n) is 17.0. The number of nitro groups is 2. The first-order valence-corrected chi connectivity index (χ1v) is 17.0. The molecule has 300 valence electrons. The molecule has 19 nitrogen and oxygen atoms in total. The van der Waals surface area contributed by atoms with E-state index in [1.807, 2.05) is 0 Å². The minimum absolute atomic E-state index is 0.0589. The summed E-state index contributed by atoms with van der Waals surface area (Å²) in [6, 6.07) is 5.06. The molecule has 0 aromatic heterocycles. The van der Waals surface area contributed by atoms with Crippen LogP contribution in [0.5, 0.6) is 23.0 Å². The van der Waals surface area contributed by atoms with Gasteiger partial charge in [0.15, 0.2) is 23.0 Å². The van der Waals surface area contributed by atoms with Crippen molar-refractivity contribution in [2.24, 2.45) is 0 Å². The molecule has 2 unspecified atom stereocenters. The van der Waals surface area contributed by atoms with Crippen LogP contribution in [-0.2, 0) is 33.4 Å². The number of hydrogen-bond donors (Lipinski definition) is 2. The van der Waals surface area contributed by atoms with Crippen molar-refractivity contribution in [2.75, 3.05) is 53.7 Å². The molecule has 2 atom stereocenters. The van der Waals surface area contributed by atoms with Gasteiger partial charge >= 0.3 is 11.9 Å². The number of nitro benzene ring substituents is 2. The molecule has 2 rings (SSSR count). The molecule has 2 amide bonds. The number of carbonyl (C=O) groups is 4. The molecule has 2 aromatic carbocycles. The Balaban J connectivity index is 1.66. The fourth-order valence-electron chi connectivity index (χ4n) is 4.85. The Labute approximate surface area is 317 Å². The lowest BCUT2D eigenvalue weighted by Gasteiger charge is -2.16. The Hall–Kier alpha value is -6.24. The van der Waals surface area contributed by atoms with Crippen molar-refractivity contribution in [3.8, 4) is 23.0 Å². The first kappa shape index (κ1) is 44.9. The van der Waals surface area contributed by atoms with Crippen LogP contribution in [0.4, 0.5) is 11.4 Å². The van der Waals surface area contributed by atoms with Crippen molar-refractivity contribution in [3.63, 3.8) is 0 Å². The zero-order valence-electron chi connectivity index (χ0n) is 31.1. The molecule has 2 N–H and O–H groups in total. The van der Waals surface area contributed by atoms with E-state index < -0.39 is 34.0 Å². The second-order valence-electron chi connectivity index (χ2n) is 11.4. The number of carbonyl (C=O) groups excluding carboxylic acids is 4. The third kappa shape index (κ3) is 15.0. The molecule has 2 aromatic rings. The van der Waals surface area contributed by atoms with Gasteiger partial charge in [-0.1, -0.05) is 13.2 Å². The van der Waals surface area contributed by atoms with Crippen LogP contribution in [0.1, 0.15) is 62.9 Å². The number of esters is 2. The van der Waals surface area contributed by atoms with Gasteiger partial charge in [-0.3, -0.25) is 29.8 Å². The number of ether oxygens (including phenoxy) is 7. The average Bonchev–Trinajstić information content (AvgIpc) is 3.16. The summed E-state index contributed by atoms with van der Waals surface area (Å²) in [6.07, 6.45) is 0.805. The molecule has 19 heteroatoms. The van der Waals surface area contributed by atoms with Crippen LogP contribution in [0.15, 0.2) is 49.6 Å². The zero-order chi connectivity index (χ0) is 40.9. The largest absolute Gasteiger partial charge is 0.493 e.